The van der Waals surface area contributed by atoms with Gasteiger partial charge in [-0.2, -0.15) is 0 Å². The van der Waals surface area contributed by atoms with E-state index in [1.807, 2.05) is 6.07 Å². The van der Waals surface area contributed by atoms with E-state index in [0.717, 1.165) is 20.8 Å². The molecule has 1 aromatic rings. The van der Waals surface area contributed by atoms with E-state index in [4.69, 9.17) is 33.2 Å². The molecule has 2 bridgehead atoms. The monoisotopic (exact) mass is 766 g/mol. The molecule has 0 radical (unpaired) electrons. The zero-order valence-corrected chi connectivity index (χ0v) is 32.9. The van der Waals surface area contributed by atoms with Crippen molar-refractivity contribution in [3.8, 4) is 0 Å². The summed E-state index contributed by atoms with van der Waals surface area (Å²) in [6, 6.07) is 8.94. The van der Waals surface area contributed by atoms with Crippen molar-refractivity contribution in [2.24, 2.45) is 11.3 Å². The number of ether oxygens (including phenoxy) is 7. The normalized spacial score (nSPS) is 26.2. The third kappa shape index (κ3) is 12.2. The Morgan fingerprint density at radius 1 is 0.673 bits per heavy atom. The van der Waals surface area contributed by atoms with E-state index in [2.05, 4.69) is 0 Å². The van der Waals surface area contributed by atoms with Gasteiger partial charge < -0.3 is 33.2 Å². The maximum atomic E-state index is 13.5. The van der Waals surface area contributed by atoms with Crippen LogP contribution in [-0.2, 0) is 66.7 Å². The summed E-state index contributed by atoms with van der Waals surface area (Å²) in [7, 11) is 0. The minimum atomic E-state index is -1.45. The van der Waals surface area contributed by atoms with Crippen LogP contribution >= 0.6 is 0 Å². The average Bonchev–Trinajstić information content (AvgIpc) is 3.06. The molecule has 298 valence electrons. The fourth-order valence-corrected chi connectivity index (χ4v) is 7.03. The highest BCUT2D eigenvalue weighted by Gasteiger charge is 2.51. The lowest BCUT2D eigenvalue weighted by atomic mass is 9.60. The first kappa shape index (κ1) is 43.9. The smallest absolute Gasteiger partial charge is 0.331 e. The molecule has 0 aliphatic heterocycles. The first-order chi connectivity index (χ1) is 25.7. The summed E-state index contributed by atoms with van der Waals surface area (Å²) in [5.74, 6) is -6.12. The molecular formula is C41H50O14. The Balaban J connectivity index is 2.51. The third-order valence-electron chi connectivity index (χ3n) is 9.35. The molecule has 2 aliphatic rings. The lowest BCUT2D eigenvalue weighted by molar-refractivity contribution is -0.156. The molecule has 0 spiro atoms. The first-order valence-corrected chi connectivity index (χ1v) is 17.8. The fraction of sp³-hybridized carbons (Fsp3) is 0.488. The lowest BCUT2D eigenvalue weighted by Crippen LogP contribution is -2.49. The Bertz CT molecular complexity index is 1780. The quantitative estimate of drug-likeness (QED) is 0.127. The van der Waals surface area contributed by atoms with Gasteiger partial charge in [0.1, 0.15) is 31.0 Å². The Morgan fingerprint density at radius 2 is 1.24 bits per heavy atom. The zero-order chi connectivity index (χ0) is 41.2. The molecule has 0 fully saturated rings. The topological polar surface area (TPSA) is 184 Å². The van der Waals surface area contributed by atoms with Crippen LogP contribution in [0, 0.1) is 11.3 Å². The highest BCUT2D eigenvalue weighted by Crippen LogP contribution is 2.52. The number of benzene rings is 1. The molecular weight excluding hydrogens is 716 g/mol. The third-order valence-corrected chi connectivity index (χ3v) is 9.35. The number of fused-ring (bicyclic) bond motifs is 2. The number of rotatable bonds is 10. The second-order valence-corrected chi connectivity index (χ2v) is 14.0. The van der Waals surface area contributed by atoms with Crippen molar-refractivity contribution in [1.82, 2.24) is 0 Å². The molecule has 6 atom stereocenters. The maximum absolute atomic E-state index is 13.5. The molecule has 55 heavy (non-hydrogen) atoms. The second kappa shape index (κ2) is 19.2. The predicted molar refractivity (Wildman–Crippen MR) is 196 cm³/mol. The summed E-state index contributed by atoms with van der Waals surface area (Å²) >= 11 is 0. The van der Waals surface area contributed by atoms with Crippen LogP contribution in [-0.4, -0.2) is 78.9 Å². The van der Waals surface area contributed by atoms with Crippen molar-refractivity contribution in [1.29, 1.82) is 0 Å². The van der Waals surface area contributed by atoms with Gasteiger partial charge in [-0.15, -0.1) is 0 Å². The van der Waals surface area contributed by atoms with Crippen LogP contribution in [0.2, 0.25) is 0 Å². The van der Waals surface area contributed by atoms with E-state index in [9.17, 15) is 33.6 Å². The predicted octanol–water partition coefficient (Wildman–Crippen LogP) is 5.43. The van der Waals surface area contributed by atoms with E-state index in [-0.39, 0.29) is 29.7 Å². The van der Waals surface area contributed by atoms with Crippen LogP contribution in [0.15, 0.2) is 70.5 Å². The Morgan fingerprint density at radius 3 is 1.76 bits per heavy atom. The number of carbonyl (C=O) groups is 7. The van der Waals surface area contributed by atoms with Gasteiger partial charge in [-0.05, 0) is 54.5 Å². The molecule has 1 aromatic carbocycles. The van der Waals surface area contributed by atoms with Crippen LogP contribution < -0.4 is 0 Å². The van der Waals surface area contributed by atoms with Gasteiger partial charge >= 0.3 is 41.8 Å². The first-order valence-electron chi connectivity index (χ1n) is 17.8. The molecule has 0 heterocycles. The maximum Gasteiger partial charge on any atom is 0.331 e. The summed E-state index contributed by atoms with van der Waals surface area (Å²) < 4.78 is 40.8. The Kier molecular flexibility index (Phi) is 15.3. The second-order valence-electron chi connectivity index (χ2n) is 14.0. The van der Waals surface area contributed by atoms with E-state index in [1.165, 1.54) is 45.9 Å². The fourth-order valence-electron chi connectivity index (χ4n) is 7.03. The van der Waals surface area contributed by atoms with Crippen LogP contribution in [0.5, 0.6) is 0 Å². The van der Waals surface area contributed by atoms with E-state index in [0.29, 0.717) is 16.7 Å². The average molecular weight is 767 g/mol. The van der Waals surface area contributed by atoms with Gasteiger partial charge in [-0.25, -0.2) is 4.79 Å². The molecule has 14 nitrogen and oxygen atoms in total. The number of hydrogen-bond donors (Lipinski definition) is 0. The molecule has 2 aliphatic carbocycles. The number of esters is 7. The van der Waals surface area contributed by atoms with Gasteiger partial charge in [0, 0.05) is 71.1 Å². The van der Waals surface area contributed by atoms with Gasteiger partial charge in [0.05, 0.1) is 0 Å². The van der Waals surface area contributed by atoms with Crippen LogP contribution in [0.4, 0.5) is 0 Å². The van der Waals surface area contributed by atoms with E-state index >= 15 is 0 Å². The van der Waals surface area contributed by atoms with Gasteiger partial charge in [0.2, 0.25) is 0 Å². The summed E-state index contributed by atoms with van der Waals surface area (Å²) in [5, 5.41) is 0. The summed E-state index contributed by atoms with van der Waals surface area (Å²) in [6.07, 6.45) is -2.22. The summed E-state index contributed by atoms with van der Waals surface area (Å²) in [5.41, 5.74) is 0.698. The van der Waals surface area contributed by atoms with Gasteiger partial charge in [0.15, 0.2) is 11.9 Å². The van der Waals surface area contributed by atoms with E-state index in [1.54, 1.807) is 45.0 Å². The van der Waals surface area contributed by atoms with Crippen molar-refractivity contribution in [2.75, 3.05) is 6.61 Å². The molecule has 14 heteroatoms. The minimum Gasteiger partial charge on any atom is -0.461 e. The zero-order valence-electron chi connectivity index (χ0n) is 32.9. The number of carbonyl (C=O) groups excluding carboxylic acids is 7. The van der Waals surface area contributed by atoms with Gasteiger partial charge in [-0.1, -0.05) is 44.2 Å². The van der Waals surface area contributed by atoms with Crippen molar-refractivity contribution < 1.29 is 66.7 Å². The molecule has 0 aromatic heterocycles. The molecule has 0 saturated heterocycles. The largest absolute Gasteiger partial charge is 0.461 e. The molecule has 0 amide bonds. The van der Waals surface area contributed by atoms with Crippen LogP contribution in [0.3, 0.4) is 0 Å². The molecule has 0 N–H and O–H groups in total. The Labute approximate surface area is 320 Å². The highest BCUT2D eigenvalue weighted by atomic mass is 16.6. The van der Waals surface area contributed by atoms with Gasteiger partial charge in [-0.3, -0.25) is 28.8 Å². The van der Waals surface area contributed by atoms with Crippen molar-refractivity contribution in [2.45, 2.75) is 113 Å². The summed E-state index contributed by atoms with van der Waals surface area (Å²) in [4.78, 5) is 89.4. The molecule has 0 unspecified atom stereocenters. The lowest BCUT2D eigenvalue weighted by Gasteiger charge is -2.48. The van der Waals surface area contributed by atoms with Crippen LogP contribution in [0.1, 0.15) is 87.6 Å². The van der Waals surface area contributed by atoms with Crippen molar-refractivity contribution in [3.05, 3.63) is 76.1 Å². The van der Waals surface area contributed by atoms with Crippen molar-refractivity contribution in [3.63, 3.8) is 0 Å². The van der Waals surface area contributed by atoms with Crippen LogP contribution in [0.25, 0.3) is 6.08 Å². The van der Waals surface area contributed by atoms with E-state index < -0.39 is 90.2 Å². The Hall–Kier alpha value is -5.53. The number of hydrogen-bond acceptors (Lipinski definition) is 14. The summed E-state index contributed by atoms with van der Waals surface area (Å²) in [6.45, 7) is 13.4. The minimum absolute atomic E-state index is 0.0932. The molecule has 3 rings (SSSR count). The standard InChI is InChI=1S/C41H50O14/c1-22-33(50-25(4)43)19-32-36(52-27(6)45)18-31(21-49-24(3)42)35(55-37(48)17-16-30-14-12-11-13-15-30)20-34(51-26(5)44)23(2)39(53-28(7)46)40(54-29(8)47)38(22)41(32,9)10/h11-18,32-36,40H,19-21H2,1-10H3/b17-16+,31-18+,39-23-/t32-,33-,34-,35-,36-,40+/m0/s1. The van der Waals surface area contributed by atoms with Gasteiger partial charge in [0.25, 0.3) is 0 Å². The highest BCUT2D eigenvalue weighted by molar-refractivity contribution is 5.87. The SMILES string of the molecule is CC(=O)OC/C1=C\[C@H](OC(C)=O)[C@@H]2C[C@H](OC(C)=O)C(C)=C([C@@H](OC(C)=O)/C(OC(C)=O)=C(\C)[C@@H](OC(C)=O)C[C@@H]1OC(=O)/C=C/c1ccccc1)C2(C)C. The van der Waals surface area contributed by atoms with Crippen molar-refractivity contribution >= 4 is 47.9 Å². The molecule has 0 saturated carbocycles.